The van der Waals surface area contributed by atoms with E-state index < -0.39 is 0 Å². The number of nitrogens with zero attached hydrogens (tertiary/aromatic N) is 3. The van der Waals surface area contributed by atoms with Crippen LogP contribution in [0.2, 0.25) is 0 Å². The molecule has 5 heteroatoms. The smallest absolute Gasteiger partial charge is 0.186 e. The molecule has 0 amide bonds. The van der Waals surface area contributed by atoms with Crippen LogP contribution in [0.15, 0.2) is 6.33 Å². The van der Waals surface area contributed by atoms with Crippen LogP contribution in [-0.4, -0.2) is 37.2 Å². The van der Waals surface area contributed by atoms with Crippen LogP contribution >= 0.6 is 0 Å². The molecule has 0 spiro atoms. The molecule has 1 N–H and O–H groups in total. The average Bonchev–Trinajstić information content (AvgIpc) is 2.18. The zero-order valence-electron chi connectivity index (χ0n) is 8.71. The molecule has 0 aromatic carbocycles. The highest BCUT2D eigenvalue weighted by Gasteiger charge is 2.11. The number of halogens is 1. The molecular weight excluding hydrogens is 183 g/mol. The Bertz CT molecular complexity index is 303. The monoisotopic (exact) mass is 198 g/mol. The molecule has 1 aromatic rings. The second kappa shape index (κ2) is 4.85. The van der Waals surface area contributed by atoms with E-state index >= 15 is 0 Å². The summed E-state index contributed by atoms with van der Waals surface area (Å²) in [5.41, 5.74) is 0.381. The van der Waals surface area contributed by atoms with E-state index in [9.17, 15) is 4.39 Å². The molecule has 0 atom stereocenters. The zero-order valence-corrected chi connectivity index (χ0v) is 8.71. The zero-order chi connectivity index (χ0) is 10.6. The second-order valence-corrected chi connectivity index (χ2v) is 3.12. The minimum absolute atomic E-state index is 0.342. The van der Waals surface area contributed by atoms with Crippen molar-refractivity contribution in [1.82, 2.24) is 15.3 Å². The van der Waals surface area contributed by atoms with Gasteiger partial charge in [-0.15, -0.1) is 0 Å². The van der Waals surface area contributed by atoms with E-state index in [0.29, 0.717) is 18.1 Å². The average molecular weight is 198 g/mol. The van der Waals surface area contributed by atoms with Gasteiger partial charge in [-0.2, -0.15) is 0 Å². The highest BCUT2D eigenvalue weighted by atomic mass is 19.1. The van der Waals surface area contributed by atoms with E-state index in [1.165, 1.54) is 6.33 Å². The van der Waals surface area contributed by atoms with Crippen molar-refractivity contribution in [2.45, 2.75) is 6.92 Å². The van der Waals surface area contributed by atoms with Gasteiger partial charge >= 0.3 is 0 Å². The fraction of sp³-hybridized carbons (Fsp3) is 0.556. The summed E-state index contributed by atoms with van der Waals surface area (Å²) in [6, 6.07) is 0. The molecule has 0 fully saturated rings. The molecule has 0 saturated heterocycles. The maximum absolute atomic E-state index is 13.5. The van der Waals surface area contributed by atoms with Crippen LogP contribution < -0.4 is 10.2 Å². The first kappa shape index (κ1) is 10.8. The van der Waals surface area contributed by atoms with E-state index in [1.807, 2.05) is 14.1 Å². The number of rotatable bonds is 4. The van der Waals surface area contributed by atoms with Crippen LogP contribution in [-0.2, 0) is 0 Å². The summed E-state index contributed by atoms with van der Waals surface area (Å²) in [5, 5.41) is 2.99. The Morgan fingerprint density at radius 3 is 2.86 bits per heavy atom. The molecule has 0 bridgehead atoms. The number of hydrogen-bond donors (Lipinski definition) is 1. The minimum Gasteiger partial charge on any atom is -0.356 e. The van der Waals surface area contributed by atoms with Crippen molar-refractivity contribution < 1.29 is 4.39 Å². The quantitative estimate of drug-likeness (QED) is 0.768. The van der Waals surface area contributed by atoms with Crippen LogP contribution in [0.1, 0.15) is 5.69 Å². The highest BCUT2D eigenvalue weighted by Crippen LogP contribution is 2.14. The maximum atomic E-state index is 13.5. The molecule has 0 aliphatic heterocycles. The van der Waals surface area contributed by atoms with Gasteiger partial charge in [0.1, 0.15) is 6.33 Å². The maximum Gasteiger partial charge on any atom is 0.186 e. The first-order chi connectivity index (χ1) is 6.66. The van der Waals surface area contributed by atoms with Gasteiger partial charge < -0.3 is 10.2 Å². The predicted molar refractivity (Wildman–Crippen MR) is 53.9 cm³/mol. The van der Waals surface area contributed by atoms with Crippen molar-refractivity contribution in [2.24, 2.45) is 0 Å². The van der Waals surface area contributed by atoms with Crippen molar-refractivity contribution in [2.75, 3.05) is 32.1 Å². The van der Waals surface area contributed by atoms with Crippen LogP contribution in [0, 0.1) is 12.7 Å². The van der Waals surface area contributed by atoms with Gasteiger partial charge in [-0.25, -0.2) is 14.4 Å². The standard InChI is InChI=1S/C9H15FN4/c1-7-8(10)9(13-6-12-7)14(3)5-4-11-2/h6,11H,4-5H2,1-3H3. The lowest BCUT2D eigenvalue weighted by Crippen LogP contribution is -2.28. The van der Waals surface area contributed by atoms with E-state index in [2.05, 4.69) is 15.3 Å². The number of nitrogens with one attached hydrogen (secondary N) is 1. The van der Waals surface area contributed by atoms with Gasteiger partial charge in [0.05, 0.1) is 5.69 Å². The summed E-state index contributed by atoms with van der Waals surface area (Å²) in [5.74, 6) is 0.0128. The third kappa shape index (κ3) is 2.38. The Morgan fingerprint density at radius 2 is 2.21 bits per heavy atom. The van der Waals surface area contributed by atoms with Crippen molar-refractivity contribution in [3.8, 4) is 0 Å². The van der Waals surface area contributed by atoms with Crippen LogP contribution in [0.5, 0.6) is 0 Å². The molecule has 0 unspecified atom stereocenters. The van der Waals surface area contributed by atoms with Crippen molar-refractivity contribution >= 4 is 5.82 Å². The Morgan fingerprint density at radius 1 is 1.50 bits per heavy atom. The van der Waals surface area contributed by atoms with E-state index in [-0.39, 0.29) is 5.82 Å². The molecule has 14 heavy (non-hydrogen) atoms. The number of aryl methyl sites for hydroxylation is 1. The fourth-order valence-corrected chi connectivity index (χ4v) is 1.10. The number of aromatic nitrogens is 2. The first-order valence-electron chi connectivity index (χ1n) is 4.49. The molecule has 4 nitrogen and oxygen atoms in total. The van der Waals surface area contributed by atoms with Crippen LogP contribution in [0.25, 0.3) is 0 Å². The van der Waals surface area contributed by atoms with Crippen molar-refractivity contribution in [1.29, 1.82) is 0 Å². The molecule has 78 valence electrons. The van der Waals surface area contributed by atoms with E-state index in [1.54, 1.807) is 11.8 Å². The Hall–Kier alpha value is -1.23. The highest BCUT2D eigenvalue weighted by molar-refractivity contribution is 5.39. The van der Waals surface area contributed by atoms with Crippen LogP contribution in [0.4, 0.5) is 10.2 Å². The number of likely N-dealkylation sites (N-methyl/N-ethyl adjacent to an activating group) is 2. The normalized spacial score (nSPS) is 10.3. The molecule has 0 aliphatic carbocycles. The molecule has 1 aromatic heterocycles. The van der Waals surface area contributed by atoms with Crippen molar-refractivity contribution in [3.05, 3.63) is 17.8 Å². The van der Waals surface area contributed by atoms with Gasteiger partial charge in [0.25, 0.3) is 0 Å². The van der Waals surface area contributed by atoms with E-state index in [0.717, 1.165) is 6.54 Å². The van der Waals surface area contributed by atoms with Gasteiger partial charge in [0.15, 0.2) is 11.6 Å². The summed E-state index contributed by atoms with van der Waals surface area (Å²) < 4.78 is 13.5. The van der Waals surface area contributed by atoms with Gasteiger partial charge in [0.2, 0.25) is 0 Å². The Balaban J connectivity index is 2.79. The molecular formula is C9H15FN4. The van der Waals surface area contributed by atoms with Crippen molar-refractivity contribution in [3.63, 3.8) is 0 Å². The molecule has 1 rings (SSSR count). The lowest BCUT2D eigenvalue weighted by atomic mass is 10.4. The number of hydrogen-bond acceptors (Lipinski definition) is 4. The third-order valence-electron chi connectivity index (χ3n) is 2.00. The molecule has 0 aliphatic rings. The van der Waals surface area contributed by atoms with Gasteiger partial charge in [-0.1, -0.05) is 0 Å². The summed E-state index contributed by atoms with van der Waals surface area (Å²) in [7, 11) is 3.66. The molecule has 0 radical (unpaired) electrons. The minimum atomic E-state index is -0.342. The SMILES string of the molecule is CNCCN(C)c1ncnc(C)c1F. The summed E-state index contributed by atoms with van der Waals surface area (Å²) in [4.78, 5) is 9.44. The Labute approximate surface area is 83.2 Å². The molecule has 0 saturated carbocycles. The van der Waals surface area contributed by atoms with Gasteiger partial charge in [-0.05, 0) is 14.0 Å². The lowest BCUT2D eigenvalue weighted by molar-refractivity contribution is 0.594. The second-order valence-electron chi connectivity index (χ2n) is 3.12. The first-order valence-corrected chi connectivity index (χ1v) is 4.49. The van der Waals surface area contributed by atoms with Gasteiger partial charge in [-0.3, -0.25) is 0 Å². The fourth-order valence-electron chi connectivity index (χ4n) is 1.10. The topological polar surface area (TPSA) is 41.0 Å². The lowest BCUT2D eigenvalue weighted by Gasteiger charge is -2.18. The summed E-state index contributed by atoms with van der Waals surface area (Å²) >= 11 is 0. The van der Waals surface area contributed by atoms with E-state index in [4.69, 9.17) is 0 Å². The Kier molecular flexibility index (Phi) is 3.76. The summed E-state index contributed by atoms with van der Waals surface area (Å²) in [6.07, 6.45) is 1.38. The number of anilines is 1. The third-order valence-corrected chi connectivity index (χ3v) is 2.00. The summed E-state index contributed by atoms with van der Waals surface area (Å²) in [6.45, 7) is 3.13. The molecule has 1 heterocycles. The largest absolute Gasteiger partial charge is 0.356 e. The van der Waals surface area contributed by atoms with Gasteiger partial charge in [0, 0.05) is 20.1 Å². The van der Waals surface area contributed by atoms with Crippen LogP contribution in [0.3, 0.4) is 0 Å². The predicted octanol–water partition coefficient (Wildman–Crippen LogP) is 0.580.